The van der Waals surface area contributed by atoms with E-state index in [0.29, 0.717) is 48.9 Å². The summed E-state index contributed by atoms with van der Waals surface area (Å²) >= 11 is 0. The Hall–Kier alpha value is -3.02. The van der Waals surface area contributed by atoms with Gasteiger partial charge in [0.25, 0.3) is 0 Å². The molecule has 136 valence electrons. The molecule has 3 rings (SSSR count). The van der Waals surface area contributed by atoms with Gasteiger partial charge in [-0.05, 0) is 45.0 Å². The second-order valence-electron chi connectivity index (χ2n) is 5.38. The molecule has 0 aliphatic heterocycles. The Balaban J connectivity index is 2.03. The monoisotopic (exact) mass is 354 g/mol. The zero-order valence-corrected chi connectivity index (χ0v) is 15.2. The van der Waals surface area contributed by atoms with Gasteiger partial charge >= 0.3 is 0 Å². The first-order valence-corrected chi connectivity index (χ1v) is 8.72. The highest BCUT2D eigenvalue weighted by Crippen LogP contribution is 2.42. The molecule has 0 spiro atoms. The predicted octanol–water partition coefficient (Wildman–Crippen LogP) is 4.60. The SMILES string of the molecule is CCOc1cc(-c2nnc(-c3ccccc3)o2)cc(OCC)c1OCC. The van der Waals surface area contributed by atoms with Crippen LogP contribution in [-0.4, -0.2) is 30.0 Å². The summed E-state index contributed by atoms with van der Waals surface area (Å²) in [6, 6.07) is 13.3. The van der Waals surface area contributed by atoms with Crippen LogP contribution in [-0.2, 0) is 0 Å². The van der Waals surface area contributed by atoms with Crippen molar-refractivity contribution in [1.29, 1.82) is 0 Å². The Kier molecular flexibility index (Phi) is 5.73. The maximum absolute atomic E-state index is 5.85. The van der Waals surface area contributed by atoms with Gasteiger partial charge in [-0.25, -0.2) is 0 Å². The predicted molar refractivity (Wildman–Crippen MR) is 98.7 cm³/mol. The normalized spacial score (nSPS) is 10.6. The summed E-state index contributed by atoms with van der Waals surface area (Å²) in [6.07, 6.45) is 0. The van der Waals surface area contributed by atoms with E-state index in [1.807, 2.05) is 63.2 Å². The van der Waals surface area contributed by atoms with Crippen molar-refractivity contribution in [3.63, 3.8) is 0 Å². The Morgan fingerprint density at radius 1 is 0.731 bits per heavy atom. The summed E-state index contributed by atoms with van der Waals surface area (Å²) in [7, 11) is 0. The molecule has 26 heavy (non-hydrogen) atoms. The Labute approximate surface area is 152 Å². The quantitative estimate of drug-likeness (QED) is 0.589. The molecule has 0 saturated heterocycles. The van der Waals surface area contributed by atoms with E-state index >= 15 is 0 Å². The third kappa shape index (κ3) is 3.79. The van der Waals surface area contributed by atoms with Crippen LogP contribution in [0.25, 0.3) is 22.9 Å². The molecule has 3 aromatic rings. The first kappa shape index (κ1) is 17.8. The molecule has 1 aromatic heterocycles. The van der Waals surface area contributed by atoms with Crippen LogP contribution in [0.2, 0.25) is 0 Å². The summed E-state index contributed by atoms with van der Waals surface area (Å²) in [5, 5.41) is 8.32. The third-order valence-electron chi connectivity index (χ3n) is 3.60. The second-order valence-corrected chi connectivity index (χ2v) is 5.38. The van der Waals surface area contributed by atoms with E-state index in [0.717, 1.165) is 11.1 Å². The maximum atomic E-state index is 5.85. The third-order valence-corrected chi connectivity index (χ3v) is 3.60. The van der Waals surface area contributed by atoms with Crippen LogP contribution in [0.4, 0.5) is 0 Å². The number of benzene rings is 2. The number of hydrogen-bond acceptors (Lipinski definition) is 6. The molecule has 0 N–H and O–H groups in total. The standard InChI is InChI=1S/C20H22N2O4/c1-4-23-16-12-15(13-17(24-5-2)18(16)25-6-3)20-22-21-19(26-20)14-10-8-7-9-11-14/h7-13H,4-6H2,1-3H3. The van der Waals surface area contributed by atoms with Crippen LogP contribution < -0.4 is 14.2 Å². The van der Waals surface area contributed by atoms with Gasteiger partial charge in [-0.15, -0.1) is 10.2 Å². The molecule has 0 amide bonds. The van der Waals surface area contributed by atoms with E-state index in [1.54, 1.807) is 0 Å². The fourth-order valence-electron chi connectivity index (χ4n) is 2.55. The lowest BCUT2D eigenvalue weighted by Crippen LogP contribution is -2.03. The Morgan fingerprint density at radius 2 is 1.27 bits per heavy atom. The minimum absolute atomic E-state index is 0.397. The van der Waals surface area contributed by atoms with E-state index in [1.165, 1.54) is 0 Å². The van der Waals surface area contributed by atoms with Gasteiger partial charge in [0.05, 0.1) is 19.8 Å². The van der Waals surface area contributed by atoms with E-state index < -0.39 is 0 Å². The maximum Gasteiger partial charge on any atom is 0.248 e. The van der Waals surface area contributed by atoms with Crippen LogP contribution in [0.15, 0.2) is 46.9 Å². The highest BCUT2D eigenvalue weighted by Gasteiger charge is 2.19. The van der Waals surface area contributed by atoms with Crippen LogP contribution in [0.3, 0.4) is 0 Å². The first-order valence-electron chi connectivity index (χ1n) is 8.72. The van der Waals surface area contributed by atoms with Crippen molar-refractivity contribution < 1.29 is 18.6 Å². The Bertz CT molecular complexity index is 819. The fraction of sp³-hybridized carbons (Fsp3) is 0.300. The van der Waals surface area contributed by atoms with Crippen molar-refractivity contribution >= 4 is 0 Å². The Morgan fingerprint density at radius 3 is 1.81 bits per heavy atom. The zero-order chi connectivity index (χ0) is 18.4. The van der Waals surface area contributed by atoms with Crippen LogP contribution >= 0.6 is 0 Å². The molecule has 0 unspecified atom stereocenters. The van der Waals surface area contributed by atoms with Gasteiger partial charge in [-0.3, -0.25) is 0 Å². The van der Waals surface area contributed by atoms with Gasteiger partial charge in [0.1, 0.15) is 0 Å². The molecular formula is C20H22N2O4. The summed E-state index contributed by atoms with van der Waals surface area (Å²) in [6.45, 7) is 7.29. The summed E-state index contributed by atoms with van der Waals surface area (Å²) in [5.74, 6) is 2.63. The van der Waals surface area contributed by atoms with Gasteiger partial charge in [0.15, 0.2) is 11.5 Å². The van der Waals surface area contributed by atoms with E-state index in [4.69, 9.17) is 18.6 Å². The number of ether oxygens (including phenoxy) is 3. The van der Waals surface area contributed by atoms with E-state index in [2.05, 4.69) is 10.2 Å². The molecular weight excluding hydrogens is 332 g/mol. The first-order chi connectivity index (χ1) is 12.8. The fourth-order valence-corrected chi connectivity index (χ4v) is 2.55. The lowest BCUT2D eigenvalue weighted by molar-refractivity contribution is 0.261. The number of rotatable bonds is 8. The second kappa shape index (κ2) is 8.38. The summed E-state index contributed by atoms with van der Waals surface area (Å²) < 4.78 is 23.0. The molecule has 0 aliphatic rings. The molecule has 0 atom stereocenters. The topological polar surface area (TPSA) is 66.6 Å². The van der Waals surface area contributed by atoms with Gasteiger partial charge in [0, 0.05) is 11.1 Å². The van der Waals surface area contributed by atoms with E-state index in [-0.39, 0.29) is 0 Å². The highest BCUT2D eigenvalue weighted by molar-refractivity contribution is 5.66. The molecule has 1 heterocycles. The van der Waals surface area contributed by atoms with Crippen molar-refractivity contribution in [3.05, 3.63) is 42.5 Å². The summed E-state index contributed by atoms with van der Waals surface area (Å²) in [4.78, 5) is 0. The van der Waals surface area contributed by atoms with Gasteiger partial charge < -0.3 is 18.6 Å². The number of aromatic nitrogens is 2. The molecule has 0 bridgehead atoms. The van der Waals surface area contributed by atoms with Gasteiger partial charge in [-0.2, -0.15) is 0 Å². The highest BCUT2D eigenvalue weighted by atomic mass is 16.5. The lowest BCUT2D eigenvalue weighted by Gasteiger charge is -2.16. The van der Waals surface area contributed by atoms with Crippen molar-refractivity contribution in [1.82, 2.24) is 10.2 Å². The van der Waals surface area contributed by atoms with E-state index in [9.17, 15) is 0 Å². The average Bonchev–Trinajstić information content (AvgIpc) is 3.15. The summed E-state index contributed by atoms with van der Waals surface area (Å²) in [5.41, 5.74) is 1.59. The van der Waals surface area contributed by atoms with Crippen LogP contribution in [0, 0.1) is 0 Å². The van der Waals surface area contributed by atoms with Crippen molar-refractivity contribution in [2.45, 2.75) is 20.8 Å². The molecule has 2 aromatic carbocycles. The molecule has 0 aliphatic carbocycles. The minimum atomic E-state index is 0.397. The van der Waals surface area contributed by atoms with Crippen molar-refractivity contribution in [3.8, 4) is 40.2 Å². The largest absolute Gasteiger partial charge is 0.490 e. The number of nitrogens with zero attached hydrogens (tertiary/aromatic N) is 2. The molecule has 0 saturated carbocycles. The molecule has 0 fully saturated rings. The van der Waals surface area contributed by atoms with Crippen LogP contribution in [0.1, 0.15) is 20.8 Å². The van der Waals surface area contributed by atoms with Gasteiger partial charge in [0.2, 0.25) is 17.5 Å². The number of hydrogen-bond donors (Lipinski definition) is 0. The minimum Gasteiger partial charge on any atom is -0.490 e. The van der Waals surface area contributed by atoms with Gasteiger partial charge in [-0.1, -0.05) is 18.2 Å². The zero-order valence-electron chi connectivity index (χ0n) is 15.2. The smallest absolute Gasteiger partial charge is 0.248 e. The lowest BCUT2D eigenvalue weighted by atomic mass is 10.1. The van der Waals surface area contributed by atoms with Crippen molar-refractivity contribution in [2.75, 3.05) is 19.8 Å². The van der Waals surface area contributed by atoms with Crippen molar-refractivity contribution in [2.24, 2.45) is 0 Å². The average molecular weight is 354 g/mol. The molecule has 0 radical (unpaired) electrons. The molecule has 6 heteroatoms. The molecule has 6 nitrogen and oxygen atoms in total. The van der Waals surface area contributed by atoms with Crippen LogP contribution in [0.5, 0.6) is 17.2 Å².